The zero-order valence-corrected chi connectivity index (χ0v) is 20.2. The molecule has 5 rings (SSSR count). The lowest BCUT2D eigenvalue weighted by atomic mass is 9.97. The Morgan fingerprint density at radius 1 is 0.914 bits per heavy atom. The zero-order valence-electron chi connectivity index (χ0n) is 20.2. The summed E-state index contributed by atoms with van der Waals surface area (Å²) in [4.78, 5) is 30.1. The highest BCUT2D eigenvalue weighted by molar-refractivity contribution is 6.37. The molecule has 0 spiro atoms. The van der Waals surface area contributed by atoms with Crippen molar-refractivity contribution in [2.24, 2.45) is 0 Å². The summed E-state index contributed by atoms with van der Waals surface area (Å²) in [7, 11) is 3.59. The molecule has 2 amide bonds. The van der Waals surface area contributed by atoms with Gasteiger partial charge in [-0.15, -0.1) is 0 Å². The molecule has 6 nitrogen and oxygen atoms in total. The topological polar surface area (TPSA) is 64.7 Å². The molecule has 3 aromatic rings. The van der Waals surface area contributed by atoms with Gasteiger partial charge >= 0.3 is 0 Å². The molecule has 0 aromatic heterocycles. The van der Waals surface area contributed by atoms with Gasteiger partial charge in [0.15, 0.2) is 0 Å². The van der Waals surface area contributed by atoms with E-state index in [9.17, 15) is 9.59 Å². The van der Waals surface area contributed by atoms with E-state index in [1.165, 1.54) is 24.9 Å². The third-order valence-corrected chi connectivity index (χ3v) is 6.83. The molecular weight excluding hydrogens is 436 g/mol. The largest absolute Gasteiger partial charge is 0.372 e. The van der Waals surface area contributed by atoms with Gasteiger partial charge in [-0.1, -0.05) is 30.3 Å². The Morgan fingerprint density at radius 2 is 1.63 bits per heavy atom. The summed E-state index contributed by atoms with van der Waals surface area (Å²) < 4.78 is 0. The smallest absolute Gasteiger partial charge is 0.258 e. The highest BCUT2D eigenvalue weighted by Crippen LogP contribution is 2.40. The van der Waals surface area contributed by atoms with Gasteiger partial charge in [-0.25, -0.2) is 0 Å². The predicted molar refractivity (Wildman–Crippen MR) is 143 cm³/mol. The van der Waals surface area contributed by atoms with E-state index in [2.05, 4.69) is 44.7 Å². The van der Waals surface area contributed by atoms with Crippen LogP contribution in [0.3, 0.4) is 0 Å². The van der Waals surface area contributed by atoms with Crippen molar-refractivity contribution in [3.8, 4) is 0 Å². The standard InChI is InChI=1S/C29H30N4O2/c1-30-28(34)21-11-16-25-24(19-21)26(29(35)31-25)27(20-9-5-3-6-10-20)32(2)22-12-14-23(15-13-22)33-17-7-4-8-18-33/h3,5-6,9-16,19H,4,7-8,17-18H2,1-2H3,(H,30,34)(H,31,35). The second-order valence-electron chi connectivity index (χ2n) is 9.01. The van der Waals surface area contributed by atoms with Gasteiger partial charge in [0.05, 0.1) is 11.3 Å². The number of anilines is 3. The van der Waals surface area contributed by atoms with Crippen LogP contribution in [0.5, 0.6) is 0 Å². The number of nitrogens with zero attached hydrogens (tertiary/aromatic N) is 2. The van der Waals surface area contributed by atoms with Crippen LogP contribution in [-0.2, 0) is 4.79 Å². The molecule has 0 atom stereocenters. The average molecular weight is 467 g/mol. The van der Waals surface area contributed by atoms with Gasteiger partial charge in [-0.2, -0.15) is 0 Å². The first-order valence-corrected chi connectivity index (χ1v) is 12.1. The van der Waals surface area contributed by atoms with Crippen LogP contribution in [0.15, 0.2) is 72.8 Å². The molecular formula is C29H30N4O2. The summed E-state index contributed by atoms with van der Waals surface area (Å²) in [6.45, 7) is 2.19. The SMILES string of the molecule is CNC(=O)c1ccc2c(c1)C(=C(c1ccccc1)N(C)c1ccc(N3CCCCC3)cc1)C(=O)N2. The Morgan fingerprint density at radius 3 is 2.31 bits per heavy atom. The van der Waals surface area contributed by atoms with Gasteiger partial charge in [0.1, 0.15) is 0 Å². The minimum absolute atomic E-state index is 0.176. The van der Waals surface area contributed by atoms with E-state index in [0.717, 1.165) is 35.6 Å². The first-order valence-electron chi connectivity index (χ1n) is 12.1. The molecule has 0 radical (unpaired) electrons. The minimum atomic E-state index is -0.186. The lowest BCUT2D eigenvalue weighted by Gasteiger charge is -2.30. The molecule has 0 saturated carbocycles. The van der Waals surface area contributed by atoms with Crippen molar-refractivity contribution >= 4 is 40.1 Å². The maximum atomic E-state index is 13.3. The first kappa shape index (κ1) is 22.7. The number of carbonyl (C=O) groups is 2. The molecule has 0 bridgehead atoms. The number of nitrogens with one attached hydrogen (secondary N) is 2. The summed E-state index contributed by atoms with van der Waals surface area (Å²) in [6.07, 6.45) is 3.77. The highest BCUT2D eigenvalue weighted by atomic mass is 16.2. The fourth-order valence-electron chi connectivity index (χ4n) is 4.96. The maximum absolute atomic E-state index is 13.3. The number of rotatable bonds is 5. The summed E-state index contributed by atoms with van der Waals surface area (Å²) in [6, 6.07) is 23.8. The average Bonchev–Trinajstić information content (AvgIpc) is 3.24. The van der Waals surface area contributed by atoms with Crippen LogP contribution in [0.25, 0.3) is 11.3 Å². The third-order valence-electron chi connectivity index (χ3n) is 6.83. The van der Waals surface area contributed by atoms with Crippen molar-refractivity contribution in [2.45, 2.75) is 19.3 Å². The predicted octanol–water partition coefficient (Wildman–Crippen LogP) is 4.99. The fraction of sp³-hybridized carbons (Fsp3) is 0.241. The van der Waals surface area contributed by atoms with Crippen LogP contribution < -0.4 is 20.4 Å². The Balaban J connectivity index is 1.60. The van der Waals surface area contributed by atoms with E-state index in [1.807, 2.05) is 37.4 Å². The van der Waals surface area contributed by atoms with Gasteiger partial charge in [-0.05, 0) is 67.3 Å². The van der Waals surface area contributed by atoms with Crippen molar-refractivity contribution in [1.82, 2.24) is 5.32 Å². The van der Waals surface area contributed by atoms with Crippen molar-refractivity contribution in [2.75, 3.05) is 42.3 Å². The van der Waals surface area contributed by atoms with Crippen molar-refractivity contribution in [1.29, 1.82) is 0 Å². The van der Waals surface area contributed by atoms with E-state index in [1.54, 1.807) is 25.2 Å². The molecule has 178 valence electrons. The summed E-state index contributed by atoms with van der Waals surface area (Å²) in [5.41, 5.74) is 6.45. The Labute approximate surface area is 206 Å². The van der Waals surface area contributed by atoms with Crippen molar-refractivity contribution in [3.63, 3.8) is 0 Å². The second-order valence-corrected chi connectivity index (χ2v) is 9.01. The minimum Gasteiger partial charge on any atom is -0.372 e. The summed E-state index contributed by atoms with van der Waals surface area (Å²) in [5.74, 6) is -0.362. The number of carbonyl (C=O) groups excluding carboxylic acids is 2. The Hall–Kier alpha value is -4.06. The number of benzene rings is 3. The van der Waals surface area contributed by atoms with Gasteiger partial charge in [0, 0.05) is 55.4 Å². The van der Waals surface area contributed by atoms with Crippen LogP contribution in [0.2, 0.25) is 0 Å². The molecule has 0 aliphatic carbocycles. The van der Waals surface area contributed by atoms with Crippen LogP contribution in [0.1, 0.15) is 40.7 Å². The maximum Gasteiger partial charge on any atom is 0.258 e. The van der Waals surface area contributed by atoms with Gasteiger partial charge in [-0.3, -0.25) is 9.59 Å². The highest BCUT2D eigenvalue weighted by Gasteiger charge is 2.31. The lowest BCUT2D eigenvalue weighted by molar-refractivity contribution is -0.110. The lowest BCUT2D eigenvalue weighted by Crippen LogP contribution is -2.29. The number of hydrogen-bond donors (Lipinski definition) is 2. The zero-order chi connectivity index (χ0) is 24.4. The fourth-order valence-corrected chi connectivity index (χ4v) is 4.96. The third kappa shape index (κ3) is 4.39. The molecule has 6 heteroatoms. The molecule has 2 aliphatic rings. The monoisotopic (exact) mass is 466 g/mol. The number of piperidine rings is 1. The van der Waals surface area contributed by atoms with Crippen LogP contribution in [0, 0.1) is 0 Å². The van der Waals surface area contributed by atoms with E-state index in [4.69, 9.17) is 0 Å². The molecule has 2 aliphatic heterocycles. The van der Waals surface area contributed by atoms with E-state index in [-0.39, 0.29) is 11.8 Å². The quantitative estimate of drug-likeness (QED) is 0.520. The summed E-state index contributed by atoms with van der Waals surface area (Å²) >= 11 is 0. The molecule has 2 heterocycles. The second kappa shape index (κ2) is 9.66. The first-order chi connectivity index (χ1) is 17.1. The van der Waals surface area contributed by atoms with Crippen LogP contribution in [0.4, 0.5) is 17.1 Å². The molecule has 1 saturated heterocycles. The van der Waals surface area contributed by atoms with Gasteiger partial charge < -0.3 is 20.4 Å². The van der Waals surface area contributed by atoms with Crippen LogP contribution >= 0.6 is 0 Å². The number of amides is 2. The summed E-state index contributed by atoms with van der Waals surface area (Å²) in [5, 5.41) is 5.64. The normalized spacial score (nSPS) is 16.4. The molecule has 1 fully saturated rings. The number of hydrogen-bond acceptors (Lipinski definition) is 4. The molecule has 2 N–H and O–H groups in total. The van der Waals surface area contributed by atoms with Gasteiger partial charge in [0.25, 0.3) is 11.8 Å². The van der Waals surface area contributed by atoms with Crippen molar-refractivity contribution in [3.05, 3.63) is 89.5 Å². The van der Waals surface area contributed by atoms with Crippen LogP contribution in [-0.4, -0.2) is 39.0 Å². The molecule has 3 aromatic carbocycles. The van der Waals surface area contributed by atoms with Crippen molar-refractivity contribution < 1.29 is 9.59 Å². The Bertz CT molecular complexity index is 1280. The van der Waals surface area contributed by atoms with E-state index in [0.29, 0.717) is 16.8 Å². The number of fused-ring (bicyclic) bond motifs is 1. The molecule has 35 heavy (non-hydrogen) atoms. The van der Waals surface area contributed by atoms with E-state index < -0.39 is 0 Å². The van der Waals surface area contributed by atoms with E-state index >= 15 is 0 Å². The van der Waals surface area contributed by atoms with Gasteiger partial charge in [0.2, 0.25) is 0 Å². The molecule has 0 unspecified atom stereocenters. The Kier molecular flexibility index (Phi) is 6.27.